The fourth-order valence-electron chi connectivity index (χ4n) is 5.79. The summed E-state index contributed by atoms with van der Waals surface area (Å²) in [5, 5.41) is 0. The van der Waals surface area contributed by atoms with Crippen LogP contribution in [0.15, 0.2) is 24.3 Å². The number of hydrogen-bond acceptors (Lipinski definition) is 3. The smallest absolute Gasteiger partial charge is 0.337 e. The van der Waals surface area contributed by atoms with E-state index in [9.17, 15) is 4.79 Å². The Labute approximate surface area is 159 Å². The zero-order valence-electron chi connectivity index (χ0n) is 17.0. The number of ether oxygens (including phenoxy) is 1. The number of hydrogen-bond donors (Lipinski definition) is 0. The topological polar surface area (TPSA) is 29.5 Å². The largest absolute Gasteiger partial charge is 0.465 e. The van der Waals surface area contributed by atoms with E-state index in [1.807, 2.05) is 12.1 Å². The molecule has 26 heavy (non-hydrogen) atoms. The molecule has 3 rings (SSSR count). The number of likely N-dealkylation sites (tertiary alicyclic amines) is 1. The van der Waals surface area contributed by atoms with E-state index < -0.39 is 0 Å². The van der Waals surface area contributed by atoms with E-state index in [2.05, 4.69) is 37.8 Å². The van der Waals surface area contributed by atoms with E-state index in [1.54, 1.807) is 0 Å². The summed E-state index contributed by atoms with van der Waals surface area (Å²) < 4.78 is 4.82. The molecular formula is C23H35NO2. The minimum atomic E-state index is -0.251. The Kier molecular flexibility index (Phi) is 6.06. The number of rotatable bonds is 6. The summed E-state index contributed by atoms with van der Waals surface area (Å²) in [7, 11) is 1.44. The van der Waals surface area contributed by atoms with Crippen molar-refractivity contribution in [3.63, 3.8) is 0 Å². The van der Waals surface area contributed by atoms with Gasteiger partial charge in [-0.05, 0) is 63.1 Å². The highest BCUT2D eigenvalue weighted by molar-refractivity contribution is 5.89. The average molecular weight is 358 g/mol. The monoisotopic (exact) mass is 357 g/mol. The van der Waals surface area contributed by atoms with E-state index in [0.29, 0.717) is 23.2 Å². The van der Waals surface area contributed by atoms with E-state index in [-0.39, 0.29) is 5.97 Å². The van der Waals surface area contributed by atoms with Gasteiger partial charge in [0.1, 0.15) is 0 Å². The van der Waals surface area contributed by atoms with Gasteiger partial charge in [-0.3, -0.25) is 4.90 Å². The summed E-state index contributed by atoms with van der Waals surface area (Å²) in [6.45, 7) is 7.06. The molecule has 2 fully saturated rings. The van der Waals surface area contributed by atoms with Gasteiger partial charge in [0.15, 0.2) is 0 Å². The zero-order chi connectivity index (χ0) is 18.7. The van der Waals surface area contributed by atoms with Gasteiger partial charge in [-0.1, -0.05) is 44.7 Å². The molecule has 0 N–H and O–H groups in total. The van der Waals surface area contributed by atoms with Crippen LogP contribution in [0.3, 0.4) is 0 Å². The molecule has 1 spiro atoms. The van der Waals surface area contributed by atoms with Crippen molar-refractivity contribution < 1.29 is 9.53 Å². The first-order chi connectivity index (χ1) is 12.5. The summed E-state index contributed by atoms with van der Waals surface area (Å²) in [5.74, 6) is 0.493. The Bertz CT molecular complexity index is 601. The van der Waals surface area contributed by atoms with Crippen LogP contribution >= 0.6 is 0 Å². The van der Waals surface area contributed by atoms with E-state index >= 15 is 0 Å². The first-order valence-corrected chi connectivity index (χ1v) is 10.5. The predicted molar refractivity (Wildman–Crippen MR) is 106 cm³/mol. The molecule has 144 valence electrons. The van der Waals surface area contributed by atoms with Crippen molar-refractivity contribution in [3.8, 4) is 0 Å². The Hall–Kier alpha value is -1.35. The summed E-state index contributed by atoms with van der Waals surface area (Å²) in [6.07, 6.45) is 10.5. The normalized spacial score (nSPS) is 25.3. The zero-order valence-corrected chi connectivity index (χ0v) is 17.0. The highest BCUT2D eigenvalue weighted by Crippen LogP contribution is 2.54. The lowest BCUT2D eigenvalue weighted by atomic mass is 9.58. The molecule has 0 amide bonds. The summed E-state index contributed by atoms with van der Waals surface area (Å²) >= 11 is 0. The van der Waals surface area contributed by atoms with Gasteiger partial charge in [-0.2, -0.15) is 0 Å². The van der Waals surface area contributed by atoms with Crippen LogP contribution in [0.2, 0.25) is 0 Å². The lowest BCUT2D eigenvalue weighted by Crippen LogP contribution is -2.75. The van der Waals surface area contributed by atoms with Crippen molar-refractivity contribution in [2.75, 3.05) is 7.11 Å². The number of nitrogens with zero attached hydrogens (tertiary/aromatic N) is 1. The van der Waals surface area contributed by atoms with Gasteiger partial charge >= 0.3 is 5.97 Å². The highest BCUT2D eigenvalue weighted by Gasteiger charge is 2.59. The molecule has 1 heterocycles. The molecule has 1 aromatic rings. The fourth-order valence-corrected chi connectivity index (χ4v) is 5.79. The van der Waals surface area contributed by atoms with Crippen LogP contribution < -0.4 is 0 Å². The molecule has 3 heteroatoms. The van der Waals surface area contributed by atoms with Gasteiger partial charge < -0.3 is 4.74 Å². The van der Waals surface area contributed by atoms with Gasteiger partial charge in [0.25, 0.3) is 0 Å². The van der Waals surface area contributed by atoms with Crippen molar-refractivity contribution in [1.29, 1.82) is 0 Å². The van der Waals surface area contributed by atoms with E-state index in [4.69, 9.17) is 4.74 Å². The average Bonchev–Trinajstić information content (AvgIpc) is 2.66. The maximum absolute atomic E-state index is 11.7. The minimum absolute atomic E-state index is 0.251. The quantitative estimate of drug-likeness (QED) is 0.653. The molecular weight excluding hydrogens is 322 g/mol. The van der Waals surface area contributed by atoms with Crippen LogP contribution in [0.4, 0.5) is 0 Å². The molecule has 2 unspecified atom stereocenters. The van der Waals surface area contributed by atoms with Gasteiger partial charge in [0.05, 0.1) is 12.7 Å². The Balaban J connectivity index is 1.81. The minimum Gasteiger partial charge on any atom is -0.465 e. The maximum atomic E-state index is 11.7. The molecule has 2 atom stereocenters. The number of carbonyl (C=O) groups excluding carboxylic acids is 1. The lowest BCUT2D eigenvalue weighted by Gasteiger charge is -2.68. The third-order valence-electron chi connectivity index (χ3n) is 6.72. The third kappa shape index (κ3) is 3.43. The van der Waals surface area contributed by atoms with E-state index in [0.717, 1.165) is 12.3 Å². The van der Waals surface area contributed by atoms with Crippen molar-refractivity contribution in [2.45, 2.75) is 89.8 Å². The molecule has 1 saturated heterocycles. The SMILES string of the molecule is CCCC1C(Cc2ccc(C(=O)OC)cc2)C2(CCCCC2)N1C(C)C. The number of benzene rings is 1. The van der Waals surface area contributed by atoms with Crippen LogP contribution in [0.25, 0.3) is 0 Å². The lowest BCUT2D eigenvalue weighted by molar-refractivity contribution is -0.177. The second-order valence-electron chi connectivity index (χ2n) is 8.52. The second kappa shape index (κ2) is 8.12. The molecule has 0 radical (unpaired) electrons. The van der Waals surface area contributed by atoms with Gasteiger partial charge in [-0.15, -0.1) is 0 Å². The molecule has 2 aliphatic rings. The number of methoxy groups -OCH3 is 1. The van der Waals surface area contributed by atoms with Crippen LogP contribution in [0.1, 0.15) is 81.6 Å². The summed E-state index contributed by atoms with van der Waals surface area (Å²) in [5.41, 5.74) is 2.41. The van der Waals surface area contributed by atoms with Crippen LogP contribution in [-0.4, -0.2) is 35.6 Å². The van der Waals surface area contributed by atoms with Crippen molar-refractivity contribution in [2.24, 2.45) is 5.92 Å². The first kappa shape index (κ1) is 19.4. The molecule has 3 nitrogen and oxygen atoms in total. The van der Waals surface area contributed by atoms with Crippen LogP contribution in [-0.2, 0) is 11.2 Å². The van der Waals surface area contributed by atoms with Crippen molar-refractivity contribution in [1.82, 2.24) is 4.90 Å². The molecule has 0 bridgehead atoms. The molecule has 1 aromatic carbocycles. The summed E-state index contributed by atoms with van der Waals surface area (Å²) in [6, 6.07) is 9.43. The molecule has 1 aliphatic heterocycles. The van der Waals surface area contributed by atoms with Crippen LogP contribution in [0.5, 0.6) is 0 Å². The fraction of sp³-hybridized carbons (Fsp3) is 0.696. The third-order valence-corrected chi connectivity index (χ3v) is 6.72. The van der Waals surface area contributed by atoms with Gasteiger partial charge in [0.2, 0.25) is 0 Å². The van der Waals surface area contributed by atoms with E-state index in [1.165, 1.54) is 57.6 Å². The van der Waals surface area contributed by atoms with Gasteiger partial charge in [-0.25, -0.2) is 4.79 Å². The summed E-state index contributed by atoms with van der Waals surface area (Å²) in [4.78, 5) is 14.5. The Morgan fingerprint density at radius 3 is 2.38 bits per heavy atom. The van der Waals surface area contributed by atoms with Crippen molar-refractivity contribution >= 4 is 5.97 Å². The predicted octanol–water partition coefficient (Wildman–Crippen LogP) is 5.23. The number of esters is 1. The van der Waals surface area contributed by atoms with Crippen LogP contribution in [0, 0.1) is 5.92 Å². The van der Waals surface area contributed by atoms with Crippen molar-refractivity contribution in [3.05, 3.63) is 35.4 Å². The molecule has 0 aromatic heterocycles. The van der Waals surface area contributed by atoms with Gasteiger partial charge in [0, 0.05) is 17.6 Å². The second-order valence-corrected chi connectivity index (χ2v) is 8.52. The highest BCUT2D eigenvalue weighted by atomic mass is 16.5. The number of carbonyl (C=O) groups is 1. The standard InChI is InChI=1S/C23H35NO2/c1-5-9-21-20(16-18-10-12-19(13-11-18)22(25)26-4)23(24(21)17(2)3)14-7-6-8-15-23/h10-13,17,20-21H,5-9,14-16H2,1-4H3. The maximum Gasteiger partial charge on any atom is 0.337 e. The first-order valence-electron chi connectivity index (χ1n) is 10.5. The Morgan fingerprint density at radius 2 is 1.85 bits per heavy atom. The Morgan fingerprint density at radius 1 is 1.19 bits per heavy atom. The molecule has 1 aliphatic carbocycles. The molecule has 1 saturated carbocycles.